The topological polar surface area (TPSA) is 48.4 Å². The first-order valence-electron chi connectivity index (χ1n) is 8.41. The molecule has 3 rings (SSSR count). The van der Waals surface area contributed by atoms with Crippen LogP contribution in [-0.4, -0.2) is 29.3 Å². The molecule has 0 saturated heterocycles. The van der Waals surface area contributed by atoms with Gasteiger partial charge in [0.05, 0.1) is 12.3 Å². The molecule has 0 saturated carbocycles. The number of nitrogens with zero attached hydrogens (tertiary/aromatic N) is 2. The zero-order valence-corrected chi connectivity index (χ0v) is 14.2. The van der Waals surface area contributed by atoms with Crippen molar-refractivity contribution >= 4 is 5.82 Å². The molecule has 24 heavy (non-hydrogen) atoms. The van der Waals surface area contributed by atoms with Crippen molar-refractivity contribution in [2.24, 2.45) is 5.92 Å². The number of hydrogen-bond acceptors (Lipinski definition) is 4. The van der Waals surface area contributed by atoms with E-state index in [9.17, 15) is 9.50 Å². The molecular weight excluding hydrogens is 305 g/mol. The van der Waals surface area contributed by atoms with Crippen LogP contribution in [0.2, 0.25) is 0 Å². The van der Waals surface area contributed by atoms with E-state index in [1.165, 1.54) is 17.2 Å². The number of pyridine rings is 1. The monoisotopic (exact) mass is 329 g/mol. The first-order chi connectivity index (χ1) is 11.6. The van der Waals surface area contributed by atoms with Gasteiger partial charge in [0, 0.05) is 25.3 Å². The molecule has 1 atom stereocenters. The summed E-state index contributed by atoms with van der Waals surface area (Å²) >= 11 is 0. The summed E-state index contributed by atoms with van der Waals surface area (Å²) in [5.41, 5.74) is 2.97. The average Bonchev–Trinajstić information content (AvgIpc) is 3.00. The zero-order chi connectivity index (χ0) is 17.1. The Kier molecular flexibility index (Phi) is 5.11. The molecule has 1 aromatic rings. The van der Waals surface area contributed by atoms with Gasteiger partial charge in [-0.05, 0) is 35.6 Å². The highest BCUT2D eigenvalue weighted by atomic mass is 19.1. The lowest BCUT2D eigenvalue weighted by molar-refractivity contribution is 0.209. The van der Waals surface area contributed by atoms with Gasteiger partial charge in [0.1, 0.15) is 11.6 Å². The second-order valence-corrected chi connectivity index (χ2v) is 6.62. The maximum absolute atomic E-state index is 14.1. The fraction of sp³-hybridized carbons (Fsp3) is 0.421. The van der Waals surface area contributed by atoms with Crippen molar-refractivity contribution in [3.05, 3.63) is 59.2 Å². The molecule has 1 aliphatic carbocycles. The predicted octanol–water partition coefficient (Wildman–Crippen LogP) is 2.92. The highest BCUT2D eigenvalue weighted by Crippen LogP contribution is 2.30. The molecule has 2 aliphatic rings. The van der Waals surface area contributed by atoms with Crippen LogP contribution in [0.25, 0.3) is 0 Å². The Morgan fingerprint density at radius 3 is 2.88 bits per heavy atom. The van der Waals surface area contributed by atoms with Gasteiger partial charge in [0.2, 0.25) is 0 Å². The fourth-order valence-electron chi connectivity index (χ4n) is 2.97. The van der Waals surface area contributed by atoms with Crippen LogP contribution in [0.4, 0.5) is 10.2 Å². The van der Waals surface area contributed by atoms with Crippen molar-refractivity contribution < 1.29 is 9.50 Å². The predicted molar refractivity (Wildman–Crippen MR) is 94.0 cm³/mol. The number of nitrogens with one attached hydrogen (secondary N) is 1. The molecule has 1 aliphatic heterocycles. The molecule has 5 heteroatoms. The number of halogens is 1. The normalized spacial score (nSPS) is 17.8. The van der Waals surface area contributed by atoms with Crippen molar-refractivity contribution in [2.75, 3.05) is 18.1 Å². The Hall–Kier alpha value is -1.98. The summed E-state index contributed by atoms with van der Waals surface area (Å²) in [6, 6.07) is 3.12. The number of aliphatic hydroxyl groups is 1. The van der Waals surface area contributed by atoms with E-state index in [0.717, 1.165) is 18.8 Å². The number of aliphatic hydroxyl groups excluding tert-OH is 1. The Morgan fingerprint density at radius 2 is 2.17 bits per heavy atom. The third kappa shape index (κ3) is 3.57. The Labute approximate surface area is 142 Å². The fourth-order valence-corrected chi connectivity index (χ4v) is 2.97. The minimum absolute atomic E-state index is 0.0261. The number of allylic oxidation sites excluding steroid dienone is 3. The standard InChI is InChI=1S/C19H24FN3O/c1-13(2)18(12-24)21-9-17-16(20)7-8-19(22-17)23-10-14-5-3-4-6-15(14)11-23/h3-5,7-8,11,13,18,21,24H,6,9-10,12H2,1-2H3/t18-/m0/s1. The van der Waals surface area contributed by atoms with E-state index >= 15 is 0 Å². The number of anilines is 1. The lowest BCUT2D eigenvalue weighted by atomic mass is 10.0. The molecule has 0 aromatic carbocycles. The van der Waals surface area contributed by atoms with Crippen molar-refractivity contribution in [1.82, 2.24) is 10.3 Å². The van der Waals surface area contributed by atoms with E-state index in [1.807, 2.05) is 13.8 Å². The summed E-state index contributed by atoms with van der Waals surface area (Å²) in [5.74, 6) is 0.699. The van der Waals surface area contributed by atoms with Gasteiger partial charge in [0.25, 0.3) is 0 Å². The van der Waals surface area contributed by atoms with Gasteiger partial charge >= 0.3 is 0 Å². The Balaban J connectivity index is 1.74. The summed E-state index contributed by atoms with van der Waals surface area (Å²) in [4.78, 5) is 6.55. The van der Waals surface area contributed by atoms with Crippen LogP contribution in [0.3, 0.4) is 0 Å². The van der Waals surface area contributed by atoms with Crippen molar-refractivity contribution in [3.8, 4) is 0 Å². The minimum atomic E-state index is -0.322. The molecule has 0 spiro atoms. The van der Waals surface area contributed by atoms with Gasteiger partial charge in [-0.1, -0.05) is 32.1 Å². The van der Waals surface area contributed by atoms with Gasteiger partial charge in [0.15, 0.2) is 0 Å². The maximum Gasteiger partial charge on any atom is 0.146 e. The Morgan fingerprint density at radius 1 is 1.33 bits per heavy atom. The van der Waals surface area contributed by atoms with E-state index in [-0.39, 0.29) is 24.4 Å². The lowest BCUT2D eigenvalue weighted by Gasteiger charge is -2.21. The number of hydrogen-bond donors (Lipinski definition) is 2. The smallest absolute Gasteiger partial charge is 0.146 e. The molecule has 4 nitrogen and oxygen atoms in total. The quantitative estimate of drug-likeness (QED) is 0.842. The summed E-state index contributed by atoms with van der Waals surface area (Å²) in [5, 5.41) is 12.6. The first kappa shape index (κ1) is 16.9. The van der Waals surface area contributed by atoms with Crippen LogP contribution >= 0.6 is 0 Å². The zero-order valence-electron chi connectivity index (χ0n) is 14.2. The van der Waals surface area contributed by atoms with Crippen molar-refractivity contribution in [2.45, 2.75) is 32.9 Å². The van der Waals surface area contributed by atoms with Crippen LogP contribution in [0.15, 0.2) is 47.7 Å². The molecular formula is C19H24FN3O. The van der Waals surface area contributed by atoms with Crippen LogP contribution in [0.1, 0.15) is 26.0 Å². The molecule has 0 fully saturated rings. The molecule has 2 heterocycles. The van der Waals surface area contributed by atoms with E-state index in [4.69, 9.17) is 0 Å². The number of fused-ring (bicyclic) bond motifs is 1. The van der Waals surface area contributed by atoms with Gasteiger partial charge < -0.3 is 15.3 Å². The van der Waals surface area contributed by atoms with Crippen LogP contribution in [0, 0.1) is 11.7 Å². The maximum atomic E-state index is 14.1. The van der Waals surface area contributed by atoms with Gasteiger partial charge in [-0.25, -0.2) is 9.37 Å². The highest BCUT2D eigenvalue weighted by Gasteiger charge is 2.21. The molecule has 0 unspecified atom stereocenters. The Bertz CT molecular complexity index is 694. The summed E-state index contributed by atoms with van der Waals surface area (Å²) in [6.07, 6.45) is 9.36. The number of rotatable bonds is 6. The third-order valence-electron chi connectivity index (χ3n) is 4.57. The second kappa shape index (κ2) is 7.28. The average molecular weight is 329 g/mol. The molecule has 0 radical (unpaired) electrons. The lowest BCUT2D eigenvalue weighted by Crippen LogP contribution is -2.37. The van der Waals surface area contributed by atoms with E-state index in [1.54, 1.807) is 6.07 Å². The molecule has 2 N–H and O–H groups in total. The van der Waals surface area contributed by atoms with Crippen molar-refractivity contribution in [3.63, 3.8) is 0 Å². The summed E-state index contributed by atoms with van der Waals surface area (Å²) in [6.45, 7) is 5.15. The molecule has 128 valence electrons. The SMILES string of the molecule is CC(C)[C@H](CO)NCc1nc(N2C=C3CC=CC=C3C2)ccc1F. The summed E-state index contributed by atoms with van der Waals surface area (Å²) < 4.78 is 14.1. The second-order valence-electron chi connectivity index (χ2n) is 6.62. The number of aromatic nitrogens is 1. The van der Waals surface area contributed by atoms with E-state index in [2.05, 4.69) is 39.6 Å². The molecule has 1 aromatic heterocycles. The largest absolute Gasteiger partial charge is 0.395 e. The van der Waals surface area contributed by atoms with Gasteiger partial charge in [-0.2, -0.15) is 0 Å². The highest BCUT2D eigenvalue weighted by molar-refractivity contribution is 5.57. The minimum Gasteiger partial charge on any atom is -0.395 e. The first-order valence-corrected chi connectivity index (χ1v) is 8.41. The van der Waals surface area contributed by atoms with Crippen molar-refractivity contribution in [1.29, 1.82) is 0 Å². The summed E-state index contributed by atoms with van der Waals surface area (Å²) in [7, 11) is 0. The van der Waals surface area contributed by atoms with Gasteiger partial charge in [-0.3, -0.25) is 0 Å². The van der Waals surface area contributed by atoms with Crippen LogP contribution in [0.5, 0.6) is 0 Å². The third-order valence-corrected chi connectivity index (χ3v) is 4.57. The molecule has 0 bridgehead atoms. The van der Waals surface area contributed by atoms with Crippen LogP contribution in [-0.2, 0) is 6.54 Å². The van der Waals surface area contributed by atoms with Gasteiger partial charge in [-0.15, -0.1) is 0 Å². The van der Waals surface area contributed by atoms with E-state index < -0.39 is 0 Å². The van der Waals surface area contributed by atoms with E-state index in [0.29, 0.717) is 12.2 Å². The molecule has 0 amide bonds. The van der Waals surface area contributed by atoms with Crippen LogP contribution < -0.4 is 10.2 Å².